The highest BCUT2D eigenvalue weighted by Gasteiger charge is 2.03. The third kappa shape index (κ3) is 2.26. The highest BCUT2D eigenvalue weighted by atomic mass is 16.3. The zero-order valence-electron chi connectivity index (χ0n) is 10.4. The topological polar surface area (TPSA) is 93.5 Å². The molecular weight excluding hydrogens is 256 g/mol. The Morgan fingerprint density at radius 2 is 1.95 bits per heavy atom. The fraction of sp³-hybridized carbons (Fsp3) is 0. The van der Waals surface area contributed by atoms with E-state index in [1.165, 1.54) is 12.3 Å². The average Bonchev–Trinajstić information content (AvgIpc) is 2.86. The van der Waals surface area contributed by atoms with Gasteiger partial charge in [0.2, 0.25) is 5.95 Å². The summed E-state index contributed by atoms with van der Waals surface area (Å²) in [5, 5.41) is 22.9. The Kier molecular flexibility index (Phi) is 2.96. The summed E-state index contributed by atoms with van der Waals surface area (Å²) in [5.74, 6) is 0.113. The number of hydrazone groups is 1. The molecule has 0 aliphatic rings. The van der Waals surface area contributed by atoms with Crippen molar-refractivity contribution in [2.75, 3.05) is 5.43 Å². The van der Waals surface area contributed by atoms with Crippen molar-refractivity contribution < 1.29 is 10.2 Å². The molecule has 3 aromatic rings. The smallest absolute Gasteiger partial charge is 0.222 e. The van der Waals surface area contributed by atoms with Crippen molar-refractivity contribution >= 4 is 23.2 Å². The maximum Gasteiger partial charge on any atom is 0.222 e. The first-order chi connectivity index (χ1) is 9.74. The van der Waals surface area contributed by atoms with Crippen LogP contribution in [0.25, 0.3) is 11.0 Å². The van der Waals surface area contributed by atoms with Crippen molar-refractivity contribution in [3.05, 3.63) is 48.0 Å². The lowest BCUT2D eigenvalue weighted by molar-refractivity contribution is 0.403. The summed E-state index contributed by atoms with van der Waals surface area (Å²) in [6.07, 6.45) is 1.40. The van der Waals surface area contributed by atoms with Gasteiger partial charge in [0.15, 0.2) is 11.5 Å². The van der Waals surface area contributed by atoms with E-state index < -0.39 is 0 Å². The van der Waals surface area contributed by atoms with Crippen molar-refractivity contribution in [1.82, 2.24) is 9.97 Å². The number of fused-ring (bicyclic) bond motifs is 1. The molecular formula is C14H12N4O2. The van der Waals surface area contributed by atoms with Crippen LogP contribution in [0.5, 0.6) is 11.5 Å². The van der Waals surface area contributed by atoms with Crippen molar-refractivity contribution in [3.63, 3.8) is 0 Å². The molecule has 0 bridgehead atoms. The van der Waals surface area contributed by atoms with Crippen LogP contribution in [0.3, 0.4) is 0 Å². The van der Waals surface area contributed by atoms with E-state index >= 15 is 0 Å². The summed E-state index contributed by atoms with van der Waals surface area (Å²) in [6, 6.07) is 12.3. The first-order valence-corrected chi connectivity index (χ1v) is 5.99. The molecule has 6 nitrogen and oxygen atoms in total. The highest BCUT2D eigenvalue weighted by Crippen LogP contribution is 2.26. The number of imidazole rings is 1. The molecule has 0 saturated carbocycles. The van der Waals surface area contributed by atoms with Crippen LogP contribution >= 0.6 is 0 Å². The van der Waals surface area contributed by atoms with Crippen LogP contribution in [0.4, 0.5) is 5.95 Å². The van der Waals surface area contributed by atoms with Crippen LogP contribution in [0.1, 0.15) is 5.56 Å². The summed E-state index contributed by atoms with van der Waals surface area (Å²) in [5.41, 5.74) is 4.90. The Balaban J connectivity index is 1.78. The van der Waals surface area contributed by atoms with Gasteiger partial charge in [0.05, 0.1) is 17.2 Å². The maximum atomic E-state index is 9.62. The summed E-state index contributed by atoms with van der Waals surface area (Å²) in [6.45, 7) is 0. The lowest BCUT2D eigenvalue weighted by Gasteiger charge is -2.00. The minimum Gasteiger partial charge on any atom is -0.504 e. The standard InChI is InChI=1S/C14H12N4O2/c19-12-7-3-4-9(13(12)20)8-15-18-14-16-10-5-1-2-6-11(10)17-14/h1-8,19-20H,(H2,16,17,18). The van der Waals surface area contributed by atoms with E-state index in [2.05, 4.69) is 20.5 Å². The number of aromatic amines is 1. The number of benzene rings is 2. The van der Waals surface area contributed by atoms with Gasteiger partial charge in [-0.2, -0.15) is 5.10 Å². The van der Waals surface area contributed by atoms with Crippen LogP contribution in [0, 0.1) is 0 Å². The average molecular weight is 268 g/mol. The Bertz CT molecular complexity index is 747. The molecule has 100 valence electrons. The number of aromatic hydroxyl groups is 2. The van der Waals surface area contributed by atoms with E-state index in [1.54, 1.807) is 12.1 Å². The Hall–Kier alpha value is -3.02. The Morgan fingerprint density at radius 1 is 1.10 bits per heavy atom. The molecule has 0 amide bonds. The molecule has 3 rings (SSSR count). The van der Waals surface area contributed by atoms with Gasteiger partial charge in [-0.25, -0.2) is 10.4 Å². The number of H-pyrrole nitrogens is 1. The number of nitrogens with zero attached hydrogens (tertiary/aromatic N) is 2. The van der Waals surface area contributed by atoms with Crippen molar-refractivity contribution in [3.8, 4) is 11.5 Å². The lowest BCUT2D eigenvalue weighted by Crippen LogP contribution is -1.92. The molecule has 0 fully saturated rings. The number of rotatable bonds is 3. The summed E-state index contributed by atoms with van der Waals surface area (Å²) in [7, 11) is 0. The number of hydrogen-bond acceptors (Lipinski definition) is 5. The van der Waals surface area contributed by atoms with Gasteiger partial charge in [-0.15, -0.1) is 0 Å². The number of phenolic OH excluding ortho intramolecular Hbond substituents is 2. The van der Waals surface area contributed by atoms with Crippen LogP contribution in [0.2, 0.25) is 0 Å². The van der Waals surface area contributed by atoms with Gasteiger partial charge < -0.3 is 15.2 Å². The van der Waals surface area contributed by atoms with Crippen LogP contribution in [-0.4, -0.2) is 26.4 Å². The van der Waals surface area contributed by atoms with E-state index in [1.807, 2.05) is 24.3 Å². The number of para-hydroxylation sites is 3. The molecule has 0 unspecified atom stereocenters. The molecule has 0 atom stereocenters. The number of nitrogens with one attached hydrogen (secondary N) is 2. The monoisotopic (exact) mass is 268 g/mol. The number of aromatic nitrogens is 2. The predicted molar refractivity (Wildman–Crippen MR) is 77.1 cm³/mol. The maximum absolute atomic E-state index is 9.62. The van der Waals surface area contributed by atoms with Crippen LogP contribution < -0.4 is 5.43 Å². The Morgan fingerprint density at radius 3 is 2.80 bits per heavy atom. The molecule has 1 aromatic heterocycles. The van der Waals surface area contributed by atoms with Crippen LogP contribution in [0.15, 0.2) is 47.6 Å². The van der Waals surface area contributed by atoms with Crippen LogP contribution in [-0.2, 0) is 0 Å². The normalized spacial score (nSPS) is 11.2. The zero-order chi connectivity index (χ0) is 13.9. The molecule has 0 aliphatic heterocycles. The van der Waals surface area contributed by atoms with Gasteiger partial charge in [-0.1, -0.05) is 18.2 Å². The quantitative estimate of drug-likeness (QED) is 0.333. The van der Waals surface area contributed by atoms with Gasteiger partial charge in [0, 0.05) is 5.56 Å². The largest absolute Gasteiger partial charge is 0.504 e. The minimum atomic E-state index is -0.206. The van der Waals surface area contributed by atoms with Crippen molar-refractivity contribution in [2.24, 2.45) is 5.10 Å². The van der Waals surface area contributed by atoms with E-state index in [0.29, 0.717) is 11.5 Å². The molecule has 1 heterocycles. The molecule has 2 aromatic carbocycles. The second kappa shape index (κ2) is 4.93. The fourth-order valence-corrected chi connectivity index (χ4v) is 1.82. The van der Waals surface area contributed by atoms with E-state index in [9.17, 15) is 10.2 Å². The van der Waals surface area contributed by atoms with Gasteiger partial charge >= 0.3 is 0 Å². The summed E-state index contributed by atoms with van der Waals surface area (Å²) >= 11 is 0. The zero-order valence-corrected chi connectivity index (χ0v) is 10.4. The fourth-order valence-electron chi connectivity index (χ4n) is 1.82. The first kappa shape index (κ1) is 12.0. The SMILES string of the molecule is Oc1cccc(C=NNc2nc3ccccc3[nH]2)c1O. The Labute approximate surface area is 114 Å². The number of anilines is 1. The molecule has 0 aliphatic carbocycles. The van der Waals surface area contributed by atoms with Gasteiger partial charge in [0.25, 0.3) is 0 Å². The van der Waals surface area contributed by atoms with Gasteiger partial charge in [0.1, 0.15) is 0 Å². The van der Waals surface area contributed by atoms with E-state index in [-0.39, 0.29) is 11.5 Å². The second-order valence-electron chi connectivity index (χ2n) is 4.19. The van der Waals surface area contributed by atoms with Gasteiger partial charge in [-0.05, 0) is 24.3 Å². The molecule has 4 N–H and O–H groups in total. The lowest BCUT2D eigenvalue weighted by atomic mass is 10.2. The van der Waals surface area contributed by atoms with E-state index in [4.69, 9.17) is 0 Å². The number of hydrogen-bond donors (Lipinski definition) is 4. The molecule has 0 saturated heterocycles. The summed E-state index contributed by atoms with van der Waals surface area (Å²) < 4.78 is 0. The first-order valence-electron chi connectivity index (χ1n) is 5.99. The van der Waals surface area contributed by atoms with Crippen molar-refractivity contribution in [2.45, 2.75) is 0 Å². The summed E-state index contributed by atoms with van der Waals surface area (Å²) in [4.78, 5) is 7.35. The predicted octanol–water partition coefficient (Wildman–Crippen LogP) is 2.42. The van der Waals surface area contributed by atoms with E-state index in [0.717, 1.165) is 11.0 Å². The number of phenols is 2. The minimum absolute atomic E-state index is 0.183. The molecule has 0 spiro atoms. The van der Waals surface area contributed by atoms with Gasteiger partial charge in [-0.3, -0.25) is 0 Å². The molecule has 0 radical (unpaired) electrons. The third-order valence-corrected chi connectivity index (χ3v) is 2.81. The second-order valence-corrected chi connectivity index (χ2v) is 4.19. The molecule has 20 heavy (non-hydrogen) atoms. The highest BCUT2D eigenvalue weighted by molar-refractivity contribution is 5.85. The van der Waals surface area contributed by atoms with Crippen molar-refractivity contribution in [1.29, 1.82) is 0 Å². The molecule has 6 heteroatoms. The third-order valence-electron chi connectivity index (χ3n) is 2.81.